The number of aliphatic hydroxyl groups excluding tert-OH is 1. The minimum absolute atomic E-state index is 0.111. The van der Waals surface area contributed by atoms with Crippen molar-refractivity contribution in [2.45, 2.75) is 6.92 Å². The van der Waals surface area contributed by atoms with Crippen LogP contribution in [0.15, 0.2) is 36.4 Å². The monoisotopic (exact) mass is 269 g/mol. The molecule has 2 N–H and O–H groups in total. The molecule has 3 aromatic rings. The number of benzene rings is 1. The van der Waals surface area contributed by atoms with E-state index >= 15 is 0 Å². The fourth-order valence-electron chi connectivity index (χ4n) is 2.00. The first-order valence-corrected chi connectivity index (χ1v) is 6.42. The van der Waals surface area contributed by atoms with Crippen molar-refractivity contribution in [2.24, 2.45) is 0 Å². The second kappa shape index (κ2) is 5.26. The number of anilines is 1. The van der Waals surface area contributed by atoms with E-state index in [2.05, 4.69) is 20.6 Å². The van der Waals surface area contributed by atoms with Crippen molar-refractivity contribution in [1.82, 2.24) is 19.8 Å². The minimum atomic E-state index is 0.111. The van der Waals surface area contributed by atoms with E-state index in [-0.39, 0.29) is 6.61 Å². The van der Waals surface area contributed by atoms with Crippen LogP contribution >= 0.6 is 0 Å². The van der Waals surface area contributed by atoms with Crippen LogP contribution in [-0.4, -0.2) is 38.1 Å². The van der Waals surface area contributed by atoms with Gasteiger partial charge < -0.3 is 10.4 Å². The van der Waals surface area contributed by atoms with Crippen LogP contribution < -0.4 is 5.32 Å². The highest BCUT2D eigenvalue weighted by Gasteiger charge is 2.09. The quantitative estimate of drug-likeness (QED) is 0.750. The Labute approximate surface area is 116 Å². The molecule has 1 aromatic carbocycles. The molecule has 0 unspecified atom stereocenters. The Morgan fingerprint density at radius 3 is 2.65 bits per heavy atom. The summed E-state index contributed by atoms with van der Waals surface area (Å²) in [5.41, 5.74) is 3.55. The summed E-state index contributed by atoms with van der Waals surface area (Å²) >= 11 is 0. The maximum absolute atomic E-state index is 8.78. The first-order valence-electron chi connectivity index (χ1n) is 6.42. The molecule has 0 amide bonds. The molecule has 6 heteroatoms. The molecule has 0 radical (unpaired) electrons. The third-order valence-electron chi connectivity index (χ3n) is 2.98. The fourth-order valence-corrected chi connectivity index (χ4v) is 2.00. The number of aliphatic hydroxyl groups is 1. The van der Waals surface area contributed by atoms with Crippen molar-refractivity contribution in [3.63, 3.8) is 0 Å². The highest BCUT2D eigenvalue weighted by Crippen LogP contribution is 2.19. The van der Waals surface area contributed by atoms with Crippen LogP contribution in [0.1, 0.15) is 5.69 Å². The average molecular weight is 269 g/mol. The van der Waals surface area contributed by atoms with Crippen LogP contribution in [0, 0.1) is 6.92 Å². The Bertz CT molecular complexity index is 720. The summed E-state index contributed by atoms with van der Waals surface area (Å²) in [6, 6.07) is 11.6. The normalized spacial score (nSPS) is 10.9. The van der Waals surface area contributed by atoms with Gasteiger partial charge in [-0.1, -0.05) is 0 Å². The highest BCUT2D eigenvalue weighted by atomic mass is 16.3. The van der Waals surface area contributed by atoms with Gasteiger partial charge in [0.25, 0.3) is 0 Å². The van der Waals surface area contributed by atoms with Crippen molar-refractivity contribution < 1.29 is 5.11 Å². The van der Waals surface area contributed by atoms with Crippen LogP contribution in [-0.2, 0) is 0 Å². The SMILES string of the molecule is Cc1ccc2nnc(-c3ccc(NCCO)cc3)n2n1. The van der Waals surface area contributed by atoms with Crippen LogP contribution in [0.25, 0.3) is 17.0 Å². The van der Waals surface area contributed by atoms with E-state index in [0.717, 1.165) is 28.4 Å². The topological polar surface area (TPSA) is 75.3 Å². The van der Waals surface area contributed by atoms with E-state index in [9.17, 15) is 0 Å². The molecule has 0 saturated heterocycles. The van der Waals surface area contributed by atoms with Crippen LogP contribution in [0.4, 0.5) is 5.69 Å². The smallest absolute Gasteiger partial charge is 0.185 e. The van der Waals surface area contributed by atoms with Gasteiger partial charge in [0.05, 0.1) is 12.3 Å². The number of hydrogen-bond acceptors (Lipinski definition) is 5. The van der Waals surface area contributed by atoms with Crippen molar-refractivity contribution in [3.05, 3.63) is 42.1 Å². The summed E-state index contributed by atoms with van der Waals surface area (Å²) < 4.78 is 1.74. The van der Waals surface area contributed by atoms with Crippen LogP contribution in [0.3, 0.4) is 0 Å². The molecule has 2 heterocycles. The number of nitrogens with one attached hydrogen (secondary N) is 1. The summed E-state index contributed by atoms with van der Waals surface area (Å²) in [5, 5.41) is 24.6. The first-order chi connectivity index (χ1) is 9.78. The van der Waals surface area contributed by atoms with E-state index in [1.165, 1.54) is 0 Å². The van der Waals surface area contributed by atoms with Gasteiger partial charge in [-0.05, 0) is 43.3 Å². The van der Waals surface area contributed by atoms with E-state index < -0.39 is 0 Å². The summed E-state index contributed by atoms with van der Waals surface area (Å²) in [4.78, 5) is 0. The number of nitrogens with zero attached hydrogens (tertiary/aromatic N) is 4. The van der Waals surface area contributed by atoms with Gasteiger partial charge in [-0.25, -0.2) is 0 Å². The fraction of sp³-hybridized carbons (Fsp3) is 0.214. The van der Waals surface area contributed by atoms with Gasteiger partial charge in [-0.15, -0.1) is 10.2 Å². The van der Waals surface area contributed by atoms with Crippen LogP contribution in [0.2, 0.25) is 0 Å². The van der Waals surface area contributed by atoms with E-state index in [1.807, 2.05) is 43.3 Å². The Morgan fingerprint density at radius 1 is 1.10 bits per heavy atom. The molecule has 0 aliphatic carbocycles. The average Bonchev–Trinajstić information content (AvgIpc) is 2.88. The van der Waals surface area contributed by atoms with Gasteiger partial charge in [0, 0.05) is 17.8 Å². The highest BCUT2D eigenvalue weighted by molar-refractivity contribution is 5.62. The summed E-state index contributed by atoms with van der Waals surface area (Å²) in [5.74, 6) is 0.720. The number of hydrogen-bond donors (Lipinski definition) is 2. The molecular weight excluding hydrogens is 254 g/mol. The van der Waals surface area contributed by atoms with E-state index in [4.69, 9.17) is 5.11 Å². The Balaban J connectivity index is 1.96. The lowest BCUT2D eigenvalue weighted by atomic mass is 10.2. The molecular formula is C14H15N5O. The predicted octanol–water partition coefficient (Wildman–Crippen LogP) is 1.50. The molecule has 2 aromatic heterocycles. The second-order valence-electron chi connectivity index (χ2n) is 4.50. The molecule has 6 nitrogen and oxygen atoms in total. The molecule has 0 atom stereocenters. The molecule has 102 valence electrons. The molecule has 0 aliphatic rings. The number of aromatic nitrogens is 4. The predicted molar refractivity (Wildman–Crippen MR) is 76.5 cm³/mol. The van der Waals surface area contributed by atoms with Crippen molar-refractivity contribution in [2.75, 3.05) is 18.5 Å². The van der Waals surface area contributed by atoms with Crippen LogP contribution in [0.5, 0.6) is 0 Å². The van der Waals surface area contributed by atoms with Crippen molar-refractivity contribution in [1.29, 1.82) is 0 Å². The Hall–Kier alpha value is -2.47. The molecule has 3 rings (SSSR count). The maximum Gasteiger partial charge on any atom is 0.185 e. The molecule has 0 spiro atoms. The number of rotatable bonds is 4. The van der Waals surface area contributed by atoms with E-state index in [1.54, 1.807) is 4.52 Å². The second-order valence-corrected chi connectivity index (χ2v) is 4.50. The Morgan fingerprint density at radius 2 is 1.90 bits per heavy atom. The molecule has 20 heavy (non-hydrogen) atoms. The van der Waals surface area contributed by atoms with Crippen molar-refractivity contribution in [3.8, 4) is 11.4 Å². The van der Waals surface area contributed by atoms with Gasteiger partial charge in [-0.3, -0.25) is 0 Å². The lowest BCUT2D eigenvalue weighted by Crippen LogP contribution is -2.05. The minimum Gasteiger partial charge on any atom is -0.395 e. The summed E-state index contributed by atoms with van der Waals surface area (Å²) in [6.07, 6.45) is 0. The standard InChI is InChI=1S/C14H15N5O/c1-10-2-7-13-16-17-14(19(13)18-10)11-3-5-12(6-4-11)15-8-9-20/h2-7,15,20H,8-9H2,1H3. The third kappa shape index (κ3) is 2.33. The lowest BCUT2D eigenvalue weighted by Gasteiger charge is -2.05. The zero-order valence-electron chi connectivity index (χ0n) is 11.1. The third-order valence-corrected chi connectivity index (χ3v) is 2.98. The zero-order valence-corrected chi connectivity index (χ0v) is 11.1. The van der Waals surface area contributed by atoms with Gasteiger partial charge in [0.15, 0.2) is 11.5 Å². The van der Waals surface area contributed by atoms with Gasteiger partial charge in [0.2, 0.25) is 0 Å². The number of aryl methyl sites for hydroxylation is 1. The maximum atomic E-state index is 8.78. The lowest BCUT2D eigenvalue weighted by molar-refractivity contribution is 0.311. The van der Waals surface area contributed by atoms with Gasteiger partial charge >= 0.3 is 0 Å². The molecule has 0 saturated carbocycles. The van der Waals surface area contributed by atoms with Gasteiger partial charge in [0.1, 0.15) is 0 Å². The summed E-state index contributed by atoms with van der Waals surface area (Å²) in [7, 11) is 0. The van der Waals surface area contributed by atoms with E-state index in [0.29, 0.717) is 6.54 Å². The molecule has 0 fully saturated rings. The largest absolute Gasteiger partial charge is 0.395 e. The number of fused-ring (bicyclic) bond motifs is 1. The molecule has 0 aliphatic heterocycles. The van der Waals surface area contributed by atoms with Crippen molar-refractivity contribution >= 4 is 11.3 Å². The molecule has 0 bridgehead atoms. The zero-order chi connectivity index (χ0) is 13.9. The summed E-state index contributed by atoms with van der Waals surface area (Å²) in [6.45, 7) is 2.58. The van der Waals surface area contributed by atoms with Gasteiger partial charge in [-0.2, -0.15) is 9.61 Å². The Kier molecular flexibility index (Phi) is 3.30. The first kappa shape index (κ1) is 12.6.